The fourth-order valence-electron chi connectivity index (χ4n) is 1.91. The average molecular weight is 258 g/mol. The van der Waals surface area contributed by atoms with E-state index in [9.17, 15) is 0 Å². The van der Waals surface area contributed by atoms with Gasteiger partial charge in [-0.25, -0.2) is 4.99 Å². The van der Waals surface area contributed by atoms with Crippen LogP contribution in [-0.4, -0.2) is 6.21 Å². The Morgan fingerprint density at radius 1 is 0.842 bits per heavy atom. The van der Waals surface area contributed by atoms with Crippen molar-refractivity contribution in [3.63, 3.8) is 0 Å². The van der Waals surface area contributed by atoms with Crippen LogP contribution in [0.5, 0.6) is 0 Å². The van der Waals surface area contributed by atoms with Gasteiger partial charge in [-0.15, -0.1) is 0 Å². The van der Waals surface area contributed by atoms with Gasteiger partial charge in [-0.2, -0.15) is 0 Å². The normalized spacial score (nSPS) is 19.5. The fraction of sp³-hybridized carbons (Fsp3) is 0.471. The van der Waals surface area contributed by atoms with Crippen LogP contribution in [0, 0.1) is 10.8 Å². The molecule has 0 unspecified atom stereocenters. The zero-order valence-corrected chi connectivity index (χ0v) is 12.8. The topological polar surface area (TPSA) is 23.2 Å². The summed E-state index contributed by atoms with van der Waals surface area (Å²) < 4.78 is 6.13. The van der Waals surface area contributed by atoms with E-state index in [4.69, 9.17) is 4.74 Å². The van der Waals surface area contributed by atoms with Crippen molar-refractivity contribution in [2.24, 2.45) is 10.8 Å². The molecular formula is C17H24NO+. The molecule has 0 spiro atoms. The predicted molar refractivity (Wildman–Crippen MR) is 79.4 cm³/mol. The van der Waals surface area contributed by atoms with E-state index < -0.39 is 0 Å². The van der Waals surface area contributed by atoms with E-state index in [0.717, 1.165) is 11.5 Å². The van der Waals surface area contributed by atoms with Crippen LogP contribution in [0.4, 0.5) is 0 Å². The first-order valence-electron chi connectivity index (χ1n) is 6.80. The largest absolute Gasteiger partial charge is 0.465 e. The van der Waals surface area contributed by atoms with Gasteiger partial charge in [-0.1, -0.05) is 41.5 Å². The van der Waals surface area contributed by atoms with Crippen LogP contribution < -0.4 is 4.99 Å². The van der Waals surface area contributed by atoms with Gasteiger partial charge in [0.2, 0.25) is 0 Å². The molecule has 0 fully saturated rings. The third-order valence-electron chi connectivity index (χ3n) is 3.20. The molecule has 19 heavy (non-hydrogen) atoms. The molecule has 0 aromatic carbocycles. The van der Waals surface area contributed by atoms with Crippen molar-refractivity contribution in [1.29, 1.82) is 0 Å². The number of allylic oxidation sites excluding steroid dienone is 7. The van der Waals surface area contributed by atoms with E-state index in [0.29, 0.717) is 0 Å². The molecule has 102 valence electrons. The highest BCUT2D eigenvalue weighted by Crippen LogP contribution is 2.39. The maximum absolute atomic E-state index is 6.13. The highest BCUT2D eigenvalue weighted by molar-refractivity contribution is 5.83. The summed E-state index contributed by atoms with van der Waals surface area (Å²) in [6.45, 7) is 13.1. The zero-order valence-electron chi connectivity index (χ0n) is 12.8. The summed E-state index contributed by atoms with van der Waals surface area (Å²) in [6.07, 6.45) is 10.4. The first-order chi connectivity index (χ1) is 8.68. The SMILES string of the molecule is CC(C)(C)C1=CC(=C2C=C[NH+]=C2)C=C(C(C)(C)C)O1. The van der Waals surface area contributed by atoms with Crippen LogP contribution in [0.3, 0.4) is 0 Å². The van der Waals surface area contributed by atoms with E-state index in [1.165, 1.54) is 11.1 Å². The van der Waals surface area contributed by atoms with E-state index >= 15 is 0 Å². The monoisotopic (exact) mass is 258 g/mol. The van der Waals surface area contributed by atoms with Gasteiger partial charge in [0.1, 0.15) is 11.5 Å². The minimum absolute atomic E-state index is 0.00627. The summed E-state index contributed by atoms with van der Waals surface area (Å²) in [5.74, 6) is 2.05. The van der Waals surface area contributed by atoms with Crippen LogP contribution in [0.25, 0.3) is 0 Å². The van der Waals surface area contributed by atoms with Gasteiger partial charge in [0.15, 0.2) is 12.4 Å². The lowest BCUT2D eigenvalue weighted by Gasteiger charge is -2.32. The van der Waals surface area contributed by atoms with Gasteiger partial charge < -0.3 is 4.74 Å². The van der Waals surface area contributed by atoms with E-state index in [2.05, 4.69) is 64.8 Å². The second kappa shape index (κ2) is 4.52. The number of hydrogen-bond donors (Lipinski definition) is 1. The molecule has 2 aliphatic rings. The van der Waals surface area contributed by atoms with Crippen LogP contribution in [0.15, 0.2) is 47.1 Å². The number of ether oxygens (including phenoxy) is 1. The van der Waals surface area contributed by atoms with Crippen molar-refractivity contribution >= 4 is 6.21 Å². The van der Waals surface area contributed by atoms with Crippen molar-refractivity contribution in [1.82, 2.24) is 0 Å². The van der Waals surface area contributed by atoms with Gasteiger partial charge in [-0.3, -0.25) is 0 Å². The molecule has 0 aromatic rings. The molecule has 2 rings (SSSR count). The van der Waals surface area contributed by atoms with Crippen molar-refractivity contribution < 1.29 is 9.73 Å². The van der Waals surface area contributed by atoms with Crippen molar-refractivity contribution in [2.75, 3.05) is 0 Å². The standard InChI is InChI=1S/C17H23NO/c1-16(2,3)14-9-13(12-7-8-18-11-12)10-15(19-14)17(4,5)6/h7-11H,1-6H3/p+1. The van der Waals surface area contributed by atoms with Gasteiger partial charge >= 0.3 is 0 Å². The Morgan fingerprint density at radius 2 is 1.37 bits per heavy atom. The molecule has 0 saturated carbocycles. The Kier molecular flexibility index (Phi) is 3.29. The van der Waals surface area contributed by atoms with Crippen molar-refractivity contribution in [3.8, 4) is 0 Å². The summed E-state index contributed by atoms with van der Waals surface area (Å²) in [4.78, 5) is 3.11. The zero-order chi connectivity index (χ0) is 14.3. The molecule has 0 atom stereocenters. The molecule has 2 heterocycles. The van der Waals surface area contributed by atoms with Crippen LogP contribution >= 0.6 is 0 Å². The summed E-state index contributed by atoms with van der Waals surface area (Å²) in [5.41, 5.74) is 2.42. The van der Waals surface area contributed by atoms with Gasteiger partial charge in [0.05, 0.1) is 5.57 Å². The first kappa shape index (κ1) is 13.9. The number of rotatable bonds is 0. The lowest BCUT2D eigenvalue weighted by atomic mass is 9.86. The highest BCUT2D eigenvalue weighted by Gasteiger charge is 2.29. The molecule has 0 bridgehead atoms. The van der Waals surface area contributed by atoms with Gasteiger partial charge in [0.25, 0.3) is 0 Å². The van der Waals surface area contributed by atoms with Crippen LogP contribution in [0.2, 0.25) is 0 Å². The number of hydrogen-bond acceptors (Lipinski definition) is 1. The Hall–Kier alpha value is -1.57. The molecule has 0 aromatic heterocycles. The molecule has 0 amide bonds. The molecule has 2 aliphatic heterocycles. The highest BCUT2D eigenvalue weighted by atomic mass is 16.5. The van der Waals surface area contributed by atoms with Gasteiger partial charge in [0, 0.05) is 16.9 Å². The Balaban J connectivity index is 2.51. The fourth-order valence-corrected chi connectivity index (χ4v) is 1.91. The molecule has 0 aliphatic carbocycles. The summed E-state index contributed by atoms with van der Waals surface area (Å²) in [7, 11) is 0. The Morgan fingerprint density at radius 3 is 1.74 bits per heavy atom. The van der Waals surface area contributed by atoms with Gasteiger partial charge in [-0.05, 0) is 17.7 Å². The molecular weight excluding hydrogens is 234 g/mol. The van der Waals surface area contributed by atoms with Crippen molar-refractivity contribution in [2.45, 2.75) is 41.5 Å². The summed E-state index contributed by atoms with van der Waals surface area (Å²) in [6, 6.07) is 0. The van der Waals surface area contributed by atoms with E-state index in [1.807, 2.05) is 12.4 Å². The predicted octanol–water partition coefficient (Wildman–Crippen LogP) is 2.85. The Labute approximate surface area is 116 Å². The third-order valence-corrected chi connectivity index (χ3v) is 3.20. The lowest BCUT2D eigenvalue weighted by Crippen LogP contribution is -2.58. The quantitative estimate of drug-likeness (QED) is 0.709. The number of nitrogens with one attached hydrogen (secondary N) is 1. The average Bonchev–Trinajstić information content (AvgIpc) is 2.79. The minimum atomic E-state index is 0.00627. The minimum Gasteiger partial charge on any atom is -0.465 e. The Bertz CT molecular complexity index is 483. The molecule has 1 N–H and O–H groups in total. The smallest absolute Gasteiger partial charge is 0.175 e. The molecule has 0 radical (unpaired) electrons. The second-order valence-corrected chi connectivity index (χ2v) is 7.17. The van der Waals surface area contributed by atoms with E-state index in [-0.39, 0.29) is 10.8 Å². The van der Waals surface area contributed by atoms with Crippen LogP contribution in [-0.2, 0) is 4.74 Å². The molecule has 2 heteroatoms. The third kappa shape index (κ3) is 3.06. The molecule has 2 nitrogen and oxygen atoms in total. The van der Waals surface area contributed by atoms with Crippen molar-refractivity contribution in [3.05, 3.63) is 47.1 Å². The summed E-state index contributed by atoms with van der Waals surface area (Å²) in [5, 5.41) is 0. The van der Waals surface area contributed by atoms with E-state index in [1.54, 1.807) is 0 Å². The second-order valence-electron chi connectivity index (χ2n) is 7.17. The molecule has 0 saturated heterocycles. The lowest BCUT2D eigenvalue weighted by molar-refractivity contribution is -0.362. The van der Waals surface area contributed by atoms with Crippen LogP contribution in [0.1, 0.15) is 41.5 Å². The summed E-state index contributed by atoms with van der Waals surface area (Å²) >= 11 is 0. The maximum atomic E-state index is 6.13. The first-order valence-corrected chi connectivity index (χ1v) is 6.80. The maximum Gasteiger partial charge on any atom is 0.175 e.